The molecule has 0 atom stereocenters. The van der Waals surface area contributed by atoms with Crippen LogP contribution in [-0.2, 0) is 4.79 Å². The van der Waals surface area contributed by atoms with Gasteiger partial charge in [-0.05, 0) is 55.0 Å². The maximum Gasteiger partial charge on any atom is 0.250 e. The Balaban J connectivity index is 1.92. The van der Waals surface area contributed by atoms with Crippen LogP contribution in [0.5, 0.6) is 5.75 Å². The topological polar surface area (TPSA) is 50.4 Å². The molecular weight excluding hydrogens is 327 g/mol. The van der Waals surface area contributed by atoms with Gasteiger partial charge in [-0.3, -0.25) is 10.1 Å². The molecule has 24 heavy (non-hydrogen) atoms. The van der Waals surface area contributed by atoms with E-state index in [1.165, 1.54) is 18.2 Å². The number of nitrogens with one attached hydrogen (secondary N) is 2. The highest BCUT2D eigenvalue weighted by atomic mass is 32.1. The van der Waals surface area contributed by atoms with Crippen molar-refractivity contribution in [3.05, 3.63) is 66.0 Å². The third-order valence-electron chi connectivity index (χ3n) is 2.97. The molecular formula is C18H17FN2O2S. The fraction of sp³-hybridized carbons (Fsp3) is 0.111. The second kappa shape index (κ2) is 8.79. The molecule has 2 rings (SSSR count). The maximum atomic E-state index is 12.8. The Kier molecular flexibility index (Phi) is 6.45. The fourth-order valence-electron chi connectivity index (χ4n) is 1.90. The Morgan fingerprint density at radius 3 is 2.62 bits per heavy atom. The SMILES string of the molecule is CCOc1ccccc1NC(=S)NC(=O)/C=C/c1ccc(F)cc1. The number of hydrogen-bond acceptors (Lipinski definition) is 3. The first-order valence-electron chi connectivity index (χ1n) is 7.36. The van der Waals surface area contributed by atoms with Gasteiger partial charge in [0.25, 0.3) is 0 Å². The van der Waals surface area contributed by atoms with Crippen molar-refractivity contribution in [2.24, 2.45) is 0 Å². The number of para-hydroxylation sites is 2. The van der Waals surface area contributed by atoms with E-state index in [4.69, 9.17) is 17.0 Å². The summed E-state index contributed by atoms with van der Waals surface area (Å²) in [6.07, 6.45) is 2.90. The third-order valence-corrected chi connectivity index (χ3v) is 3.17. The molecule has 0 aliphatic rings. The van der Waals surface area contributed by atoms with Crippen molar-refractivity contribution in [1.29, 1.82) is 0 Å². The quantitative estimate of drug-likeness (QED) is 0.641. The molecule has 2 N–H and O–H groups in total. The number of carbonyl (C=O) groups excluding carboxylic acids is 1. The van der Waals surface area contributed by atoms with Crippen LogP contribution in [0, 0.1) is 5.82 Å². The second-order valence-corrected chi connectivity index (χ2v) is 5.17. The van der Waals surface area contributed by atoms with Crippen LogP contribution in [0.25, 0.3) is 6.08 Å². The van der Waals surface area contributed by atoms with E-state index < -0.39 is 0 Å². The molecule has 4 nitrogen and oxygen atoms in total. The number of anilines is 1. The first-order valence-corrected chi connectivity index (χ1v) is 7.76. The van der Waals surface area contributed by atoms with Crippen molar-refractivity contribution in [3.8, 4) is 5.75 Å². The first-order chi connectivity index (χ1) is 11.6. The Hall–Kier alpha value is -2.73. The minimum Gasteiger partial charge on any atom is -0.492 e. The summed E-state index contributed by atoms with van der Waals surface area (Å²) in [6.45, 7) is 2.41. The normalized spacial score (nSPS) is 10.4. The van der Waals surface area contributed by atoms with E-state index >= 15 is 0 Å². The monoisotopic (exact) mass is 344 g/mol. The fourth-order valence-corrected chi connectivity index (χ4v) is 2.11. The van der Waals surface area contributed by atoms with Crippen LogP contribution in [0.4, 0.5) is 10.1 Å². The van der Waals surface area contributed by atoms with Crippen LogP contribution in [-0.4, -0.2) is 17.6 Å². The highest BCUT2D eigenvalue weighted by Crippen LogP contribution is 2.23. The molecule has 0 fully saturated rings. The zero-order valence-electron chi connectivity index (χ0n) is 13.1. The van der Waals surface area contributed by atoms with Gasteiger partial charge in [-0.25, -0.2) is 4.39 Å². The predicted octanol–water partition coefficient (Wildman–Crippen LogP) is 3.75. The van der Waals surface area contributed by atoms with Crippen molar-refractivity contribution in [2.75, 3.05) is 11.9 Å². The summed E-state index contributed by atoms with van der Waals surface area (Å²) in [7, 11) is 0. The van der Waals surface area contributed by atoms with Crippen LogP contribution in [0.3, 0.4) is 0 Å². The molecule has 1 amide bonds. The minimum atomic E-state index is -0.384. The Labute approximate surface area is 145 Å². The van der Waals surface area contributed by atoms with E-state index in [2.05, 4.69) is 10.6 Å². The van der Waals surface area contributed by atoms with Gasteiger partial charge >= 0.3 is 0 Å². The van der Waals surface area contributed by atoms with Gasteiger partial charge in [0, 0.05) is 6.08 Å². The number of rotatable bonds is 5. The molecule has 0 saturated carbocycles. The Morgan fingerprint density at radius 1 is 1.21 bits per heavy atom. The van der Waals surface area contributed by atoms with Gasteiger partial charge in [-0.2, -0.15) is 0 Å². The zero-order valence-corrected chi connectivity index (χ0v) is 13.9. The van der Waals surface area contributed by atoms with E-state index in [9.17, 15) is 9.18 Å². The first kappa shape index (κ1) is 17.6. The smallest absolute Gasteiger partial charge is 0.250 e. The molecule has 0 saturated heterocycles. The standard InChI is InChI=1S/C18H17FN2O2S/c1-2-23-16-6-4-3-5-15(16)20-18(24)21-17(22)12-9-13-7-10-14(19)11-8-13/h3-12H,2H2,1H3,(H2,20,21,22,24)/b12-9+. The summed E-state index contributed by atoms with van der Waals surface area (Å²) in [5, 5.41) is 5.63. The van der Waals surface area contributed by atoms with Crippen LogP contribution in [0.15, 0.2) is 54.6 Å². The van der Waals surface area contributed by atoms with Gasteiger partial charge in [0.05, 0.1) is 12.3 Å². The molecule has 0 bridgehead atoms. The van der Waals surface area contributed by atoms with E-state index in [1.54, 1.807) is 24.3 Å². The number of ether oxygens (including phenoxy) is 1. The number of carbonyl (C=O) groups is 1. The second-order valence-electron chi connectivity index (χ2n) is 4.76. The molecule has 0 aliphatic heterocycles. The number of amides is 1. The molecule has 6 heteroatoms. The van der Waals surface area contributed by atoms with E-state index in [0.717, 1.165) is 0 Å². The van der Waals surface area contributed by atoms with Gasteiger partial charge in [-0.15, -0.1) is 0 Å². The van der Waals surface area contributed by atoms with Crippen LogP contribution < -0.4 is 15.4 Å². The van der Waals surface area contributed by atoms with E-state index in [0.29, 0.717) is 23.6 Å². The van der Waals surface area contributed by atoms with E-state index in [-0.39, 0.29) is 16.8 Å². The Morgan fingerprint density at radius 2 is 1.92 bits per heavy atom. The van der Waals surface area contributed by atoms with Crippen molar-refractivity contribution in [2.45, 2.75) is 6.92 Å². The van der Waals surface area contributed by atoms with Crippen molar-refractivity contribution in [1.82, 2.24) is 5.32 Å². The maximum absolute atomic E-state index is 12.8. The highest BCUT2D eigenvalue weighted by molar-refractivity contribution is 7.80. The minimum absolute atomic E-state index is 0.163. The van der Waals surface area contributed by atoms with Gasteiger partial charge < -0.3 is 10.1 Å². The van der Waals surface area contributed by atoms with Crippen LogP contribution in [0.2, 0.25) is 0 Å². The summed E-state index contributed by atoms with van der Waals surface area (Å²) in [6, 6.07) is 13.1. The molecule has 124 valence electrons. The molecule has 0 heterocycles. The van der Waals surface area contributed by atoms with Crippen molar-refractivity contribution in [3.63, 3.8) is 0 Å². The summed E-state index contributed by atoms with van der Waals surface area (Å²) in [4.78, 5) is 11.9. The highest BCUT2D eigenvalue weighted by Gasteiger charge is 2.06. The molecule has 0 spiro atoms. The lowest BCUT2D eigenvalue weighted by atomic mass is 10.2. The van der Waals surface area contributed by atoms with Gasteiger partial charge in [0.2, 0.25) is 5.91 Å². The largest absolute Gasteiger partial charge is 0.492 e. The lowest BCUT2D eigenvalue weighted by Crippen LogP contribution is -2.32. The van der Waals surface area contributed by atoms with Crippen LogP contribution >= 0.6 is 12.2 Å². The molecule has 2 aromatic rings. The van der Waals surface area contributed by atoms with Crippen LogP contribution in [0.1, 0.15) is 12.5 Å². The summed E-state index contributed by atoms with van der Waals surface area (Å²) in [5.41, 5.74) is 1.39. The number of halogens is 1. The van der Waals surface area contributed by atoms with Gasteiger partial charge in [0.15, 0.2) is 5.11 Å². The van der Waals surface area contributed by atoms with Gasteiger partial charge in [-0.1, -0.05) is 24.3 Å². The average Bonchev–Trinajstić information content (AvgIpc) is 2.56. The number of hydrogen-bond donors (Lipinski definition) is 2. The molecule has 0 unspecified atom stereocenters. The summed E-state index contributed by atoms with van der Waals surface area (Å²) in [5.74, 6) is -0.0564. The number of thiocarbonyl (C=S) groups is 1. The summed E-state index contributed by atoms with van der Waals surface area (Å²) < 4.78 is 18.3. The van der Waals surface area contributed by atoms with Crippen molar-refractivity contribution >= 4 is 35.0 Å². The lowest BCUT2D eigenvalue weighted by Gasteiger charge is -2.12. The molecule has 0 aliphatic carbocycles. The lowest BCUT2D eigenvalue weighted by molar-refractivity contribution is -0.115. The summed E-state index contributed by atoms with van der Waals surface area (Å²) >= 11 is 5.12. The number of benzene rings is 2. The van der Waals surface area contributed by atoms with Crippen molar-refractivity contribution < 1.29 is 13.9 Å². The Bertz CT molecular complexity index is 745. The molecule has 0 aromatic heterocycles. The average molecular weight is 344 g/mol. The molecule has 0 radical (unpaired) electrons. The molecule has 2 aromatic carbocycles. The van der Waals surface area contributed by atoms with Gasteiger partial charge in [0.1, 0.15) is 11.6 Å². The third kappa shape index (κ3) is 5.48. The predicted molar refractivity (Wildman–Crippen MR) is 97.4 cm³/mol. The zero-order chi connectivity index (χ0) is 17.4. The van der Waals surface area contributed by atoms with E-state index in [1.807, 2.05) is 25.1 Å².